The molecule has 39 heavy (non-hydrogen) atoms. The number of anilines is 1. The Morgan fingerprint density at radius 2 is 1.79 bits per heavy atom. The van der Waals surface area contributed by atoms with Crippen molar-refractivity contribution in [3.63, 3.8) is 0 Å². The van der Waals surface area contributed by atoms with Crippen molar-refractivity contribution in [3.8, 4) is 0 Å². The highest BCUT2D eigenvalue weighted by molar-refractivity contribution is 7.22. The Kier molecular flexibility index (Phi) is 6.47. The third-order valence-corrected chi connectivity index (χ3v) is 9.27. The molecule has 9 nitrogen and oxygen atoms in total. The van der Waals surface area contributed by atoms with Crippen molar-refractivity contribution in [2.24, 2.45) is 0 Å². The zero-order chi connectivity index (χ0) is 27.3. The lowest BCUT2D eigenvalue weighted by molar-refractivity contribution is 0.186. The fraction of sp³-hybridized carbons (Fsp3) is 0.414. The number of pyridine rings is 1. The molecule has 4 heterocycles. The summed E-state index contributed by atoms with van der Waals surface area (Å²) in [6.45, 7) is 13.6. The van der Waals surface area contributed by atoms with Gasteiger partial charge in [0.2, 0.25) is 0 Å². The van der Waals surface area contributed by atoms with E-state index in [2.05, 4.69) is 94.4 Å². The first-order valence-corrected chi connectivity index (χ1v) is 14.3. The van der Waals surface area contributed by atoms with Crippen molar-refractivity contribution >= 4 is 37.6 Å². The monoisotopic (exact) mass is 542 g/mol. The maximum atomic E-state index is 13.7. The van der Waals surface area contributed by atoms with Crippen molar-refractivity contribution in [3.05, 3.63) is 75.3 Å². The molecule has 1 fully saturated rings. The summed E-state index contributed by atoms with van der Waals surface area (Å²) in [6, 6.07) is 14.1. The summed E-state index contributed by atoms with van der Waals surface area (Å²) in [5.74, 6) is 0.699. The number of benzene rings is 2. The van der Waals surface area contributed by atoms with Gasteiger partial charge in [-0.2, -0.15) is 0 Å². The maximum Gasteiger partial charge on any atom is 0.253 e. The van der Waals surface area contributed by atoms with E-state index < -0.39 is 0 Å². The molecule has 1 aliphatic rings. The van der Waals surface area contributed by atoms with Crippen LogP contribution in [0.4, 0.5) is 5.13 Å². The minimum atomic E-state index is -0.378. The normalized spacial score (nSPS) is 15.9. The van der Waals surface area contributed by atoms with Crippen LogP contribution in [0, 0.1) is 13.8 Å². The number of nitrogens with zero attached hydrogens (tertiary/aromatic N) is 7. The van der Waals surface area contributed by atoms with Gasteiger partial charge in [-0.05, 0) is 73.9 Å². The molecule has 1 N–H and O–H groups in total. The average Bonchev–Trinajstić information content (AvgIpc) is 3.60. The number of hydrogen-bond donors (Lipinski definition) is 1. The number of hydrogen-bond acceptors (Lipinski definition) is 8. The molecule has 1 atom stereocenters. The number of piperazine rings is 1. The van der Waals surface area contributed by atoms with E-state index in [1.165, 1.54) is 4.70 Å². The molecule has 1 aliphatic heterocycles. The predicted octanol–water partition coefficient (Wildman–Crippen LogP) is 4.80. The summed E-state index contributed by atoms with van der Waals surface area (Å²) < 4.78 is 3.10. The van der Waals surface area contributed by atoms with Gasteiger partial charge in [0.25, 0.3) is 5.56 Å². The number of H-pyrrole nitrogens is 1. The van der Waals surface area contributed by atoms with Gasteiger partial charge in [-0.1, -0.05) is 42.5 Å². The molecule has 0 saturated carbocycles. The van der Waals surface area contributed by atoms with Crippen LogP contribution in [0.2, 0.25) is 0 Å². The van der Waals surface area contributed by atoms with E-state index >= 15 is 0 Å². The fourth-order valence-corrected chi connectivity index (χ4v) is 6.42. The molecule has 0 unspecified atom stereocenters. The van der Waals surface area contributed by atoms with Crippen molar-refractivity contribution in [2.75, 3.05) is 31.1 Å². The summed E-state index contributed by atoms with van der Waals surface area (Å²) in [7, 11) is 0. The first-order chi connectivity index (χ1) is 18.8. The van der Waals surface area contributed by atoms with Gasteiger partial charge in [0.15, 0.2) is 11.0 Å². The number of aryl methyl sites for hydroxylation is 2. The number of tetrazole rings is 1. The number of thiazole rings is 1. The van der Waals surface area contributed by atoms with E-state index in [1.807, 2.05) is 17.7 Å². The number of aromatic amines is 1. The van der Waals surface area contributed by atoms with E-state index in [9.17, 15) is 4.79 Å². The Morgan fingerprint density at radius 1 is 1.05 bits per heavy atom. The quantitative estimate of drug-likeness (QED) is 0.329. The van der Waals surface area contributed by atoms with Crippen LogP contribution in [0.25, 0.3) is 21.1 Å². The molecule has 0 radical (unpaired) electrons. The molecule has 0 bridgehead atoms. The molecule has 10 heteroatoms. The van der Waals surface area contributed by atoms with Crippen LogP contribution < -0.4 is 10.5 Å². The lowest BCUT2D eigenvalue weighted by Gasteiger charge is -2.39. The van der Waals surface area contributed by atoms with Gasteiger partial charge in [0.1, 0.15) is 6.04 Å². The van der Waals surface area contributed by atoms with Gasteiger partial charge < -0.3 is 9.88 Å². The van der Waals surface area contributed by atoms with Gasteiger partial charge in [0, 0.05) is 37.1 Å². The Labute approximate surface area is 231 Å². The second-order valence-electron chi connectivity index (χ2n) is 11.0. The second kappa shape index (κ2) is 9.84. The van der Waals surface area contributed by atoms with E-state index in [-0.39, 0.29) is 17.1 Å². The van der Waals surface area contributed by atoms with Crippen LogP contribution >= 0.6 is 11.3 Å². The third kappa shape index (κ3) is 4.51. The molecule has 0 aliphatic carbocycles. The van der Waals surface area contributed by atoms with Gasteiger partial charge >= 0.3 is 0 Å². The van der Waals surface area contributed by atoms with E-state index in [0.717, 1.165) is 65.3 Å². The Balaban J connectivity index is 1.41. The molecular weight excluding hydrogens is 508 g/mol. The molecule has 6 rings (SSSR count). The number of para-hydroxylation sites is 1. The standard InChI is InChI=1S/C29H34N8OS/c1-6-29(4,5)37-26(32-33-34-37)25(21-17-20-18(2)11-12-19(3)24(20)31-27(21)38)35-13-15-36(16-14-35)28-30-22-9-7-8-10-23(22)39-28/h7-12,17,25H,6,13-16H2,1-5H3,(H,31,38)/t25-/m0/s1. The van der Waals surface area contributed by atoms with Gasteiger partial charge in [-0.15, -0.1) is 5.10 Å². The largest absolute Gasteiger partial charge is 0.345 e. The number of aromatic nitrogens is 6. The first kappa shape index (κ1) is 25.6. The van der Waals surface area contributed by atoms with E-state index in [0.29, 0.717) is 11.4 Å². The van der Waals surface area contributed by atoms with Crippen molar-refractivity contribution in [1.29, 1.82) is 0 Å². The van der Waals surface area contributed by atoms with Crippen LogP contribution in [-0.4, -0.2) is 61.3 Å². The summed E-state index contributed by atoms with van der Waals surface area (Å²) in [4.78, 5) is 26.5. The molecular formula is C29H34N8OS. The third-order valence-electron chi connectivity index (χ3n) is 8.18. The summed E-state index contributed by atoms with van der Waals surface area (Å²) in [5, 5.41) is 15.1. The van der Waals surface area contributed by atoms with Crippen LogP contribution in [0.3, 0.4) is 0 Å². The van der Waals surface area contributed by atoms with Crippen LogP contribution in [0.5, 0.6) is 0 Å². The van der Waals surface area contributed by atoms with Gasteiger partial charge in [0.05, 0.1) is 21.3 Å². The summed E-state index contributed by atoms with van der Waals surface area (Å²) in [6.07, 6.45) is 0.857. The lowest BCUT2D eigenvalue weighted by atomic mass is 9.97. The van der Waals surface area contributed by atoms with Crippen molar-refractivity contribution in [1.82, 2.24) is 35.1 Å². The number of rotatable bonds is 6. The Morgan fingerprint density at radius 3 is 2.54 bits per heavy atom. The molecule has 3 aromatic heterocycles. The highest BCUT2D eigenvalue weighted by Crippen LogP contribution is 2.34. The minimum Gasteiger partial charge on any atom is -0.345 e. The van der Waals surface area contributed by atoms with Crippen molar-refractivity contribution in [2.45, 2.75) is 52.6 Å². The summed E-state index contributed by atoms with van der Waals surface area (Å²) >= 11 is 1.73. The smallest absolute Gasteiger partial charge is 0.253 e. The number of fused-ring (bicyclic) bond motifs is 2. The molecule has 202 valence electrons. The Hall–Kier alpha value is -3.63. The maximum absolute atomic E-state index is 13.7. The van der Waals surface area contributed by atoms with Crippen LogP contribution in [0.15, 0.2) is 47.3 Å². The number of nitrogens with one attached hydrogen (secondary N) is 1. The topological polar surface area (TPSA) is 95.8 Å². The zero-order valence-corrected chi connectivity index (χ0v) is 23.9. The van der Waals surface area contributed by atoms with Crippen molar-refractivity contribution < 1.29 is 0 Å². The van der Waals surface area contributed by atoms with E-state index in [4.69, 9.17) is 4.98 Å². The second-order valence-corrected chi connectivity index (χ2v) is 12.1. The molecule has 0 spiro atoms. The van der Waals surface area contributed by atoms with Crippen LogP contribution in [-0.2, 0) is 5.54 Å². The highest BCUT2D eigenvalue weighted by atomic mass is 32.1. The summed E-state index contributed by atoms with van der Waals surface area (Å²) in [5.41, 5.74) is 4.38. The van der Waals surface area contributed by atoms with Gasteiger partial charge in [-0.3, -0.25) is 9.69 Å². The van der Waals surface area contributed by atoms with Gasteiger partial charge in [-0.25, -0.2) is 9.67 Å². The molecule has 5 aromatic rings. The average molecular weight is 543 g/mol. The predicted molar refractivity (Wildman–Crippen MR) is 157 cm³/mol. The first-order valence-electron chi connectivity index (χ1n) is 13.5. The van der Waals surface area contributed by atoms with Crippen LogP contribution in [0.1, 0.15) is 55.7 Å². The molecule has 0 amide bonds. The Bertz CT molecular complexity index is 1680. The van der Waals surface area contributed by atoms with E-state index in [1.54, 1.807) is 11.3 Å². The molecule has 2 aromatic carbocycles. The SMILES string of the molecule is CCC(C)(C)n1nnnc1[C@H](c1cc2c(C)ccc(C)c2[nH]c1=O)N1CCN(c2nc3ccccc3s2)CC1. The minimum absolute atomic E-state index is 0.0985. The lowest BCUT2D eigenvalue weighted by Crippen LogP contribution is -2.49. The molecule has 1 saturated heterocycles. The fourth-order valence-electron chi connectivity index (χ4n) is 5.41. The highest BCUT2D eigenvalue weighted by Gasteiger charge is 2.36. The zero-order valence-electron chi connectivity index (χ0n) is 23.1.